The third-order valence-electron chi connectivity index (χ3n) is 8.46. The molecule has 0 amide bonds. The van der Waals surface area contributed by atoms with Gasteiger partial charge in [0.05, 0.1) is 19.1 Å². The topological polar surface area (TPSA) is 204 Å². The molecule has 6 rings (SSSR count). The molecule has 15 nitrogen and oxygen atoms in total. The molecule has 256 valence electrons. The van der Waals surface area contributed by atoms with Gasteiger partial charge in [-0.25, -0.2) is 0 Å². The van der Waals surface area contributed by atoms with Crippen LogP contribution in [0.5, 0.6) is 28.7 Å². The summed E-state index contributed by atoms with van der Waals surface area (Å²) in [4.78, 5) is 34.0. The molecule has 0 aromatic heterocycles. The fraction of sp³-hybridized carbons (Fsp3) is 0.562. The highest BCUT2D eigenvalue weighted by atomic mass is 17.2. The SMILES string of the molecule is CCCCCc1cc(OO[C@H]2[C@H](OCCN)O[C@H](COC(=O)CC(=O)O)[C@@H](O)[C@@H]2O)cc2c1OC[C@@H]1c3cc4c(cc3O[C@H]21)OCO4. The Kier molecular flexibility index (Phi) is 10.2. The molecule has 5 N–H and O–H groups in total. The molecule has 0 unspecified atom stereocenters. The van der Waals surface area contributed by atoms with Gasteiger partial charge in [-0.1, -0.05) is 19.8 Å². The number of hydrogen-bond donors (Lipinski definition) is 4. The molecule has 0 aliphatic carbocycles. The second-order valence-corrected chi connectivity index (χ2v) is 11.7. The lowest BCUT2D eigenvalue weighted by Crippen LogP contribution is -2.60. The second kappa shape index (κ2) is 14.5. The minimum Gasteiger partial charge on any atom is -0.492 e. The van der Waals surface area contributed by atoms with Crippen LogP contribution in [0.4, 0.5) is 0 Å². The van der Waals surface area contributed by atoms with Crippen molar-refractivity contribution in [3.05, 3.63) is 41.0 Å². The summed E-state index contributed by atoms with van der Waals surface area (Å²) in [6.45, 7) is 2.29. The van der Waals surface area contributed by atoms with Gasteiger partial charge in [0, 0.05) is 23.7 Å². The number of nitrogens with two attached hydrogens (primary N) is 1. The van der Waals surface area contributed by atoms with Crippen LogP contribution in [0.25, 0.3) is 0 Å². The first-order chi connectivity index (χ1) is 22.8. The number of aliphatic hydroxyl groups is 2. The monoisotopic (exact) mass is 661 g/mol. The second-order valence-electron chi connectivity index (χ2n) is 11.7. The van der Waals surface area contributed by atoms with Crippen molar-refractivity contribution in [2.24, 2.45) is 5.73 Å². The number of aryl methyl sites for hydroxylation is 1. The van der Waals surface area contributed by atoms with E-state index in [9.17, 15) is 19.8 Å². The van der Waals surface area contributed by atoms with Crippen LogP contribution in [0.2, 0.25) is 0 Å². The van der Waals surface area contributed by atoms with E-state index < -0.39 is 55.7 Å². The number of rotatable bonds is 14. The van der Waals surface area contributed by atoms with E-state index in [1.54, 1.807) is 12.1 Å². The van der Waals surface area contributed by atoms with Crippen molar-refractivity contribution < 1.29 is 67.8 Å². The van der Waals surface area contributed by atoms with Crippen molar-refractivity contribution in [2.45, 2.75) is 81.8 Å². The fourth-order valence-electron chi connectivity index (χ4n) is 6.14. The van der Waals surface area contributed by atoms with Gasteiger partial charge in [-0.15, -0.1) is 0 Å². The number of aliphatic hydroxyl groups excluding tert-OH is 2. The number of fused-ring (bicyclic) bond motifs is 6. The van der Waals surface area contributed by atoms with Crippen LogP contribution in [0.15, 0.2) is 24.3 Å². The number of carbonyl (C=O) groups is 2. The van der Waals surface area contributed by atoms with Crippen LogP contribution in [0.1, 0.15) is 61.3 Å². The number of carboxylic acid groups (broad SMARTS) is 1. The van der Waals surface area contributed by atoms with Gasteiger partial charge in [-0.05, 0) is 36.6 Å². The smallest absolute Gasteiger partial charge is 0.317 e. The largest absolute Gasteiger partial charge is 0.492 e. The van der Waals surface area contributed by atoms with Crippen molar-refractivity contribution in [3.63, 3.8) is 0 Å². The summed E-state index contributed by atoms with van der Waals surface area (Å²) in [7, 11) is 0. The molecule has 0 bridgehead atoms. The van der Waals surface area contributed by atoms with E-state index in [1.165, 1.54) is 0 Å². The predicted molar refractivity (Wildman–Crippen MR) is 158 cm³/mol. The average molecular weight is 662 g/mol. The van der Waals surface area contributed by atoms with Gasteiger partial charge >= 0.3 is 11.9 Å². The van der Waals surface area contributed by atoms with Crippen LogP contribution in [0.3, 0.4) is 0 Å². The summed E-state index contributed by atoms with van der Waals surface area (Å²) in [5.41, 5.74) is 8.24. The highest BCUT2D eigenvalue weighted by Gasteiger charge is 2.48. The lowest BCUT2D eigenvalue weighted by Gasteiger charge is -2.41. The highest BCUT2D eigenvalue weighted by molar-refractivity contribution is 5.90. The number of hydrogen-bond acceptors (Lipinski definition) is 14. The van der Waals surface area contributed by atoms with Crippen LogP contribution in [-0.4, -0.2) is 91.1 Å². The molecular weight excluding hydrogens is 622 g/mol. The maximum atomic E-state index is 11.7. The Morgan fingerprint density at radius 1 is 1.00 bits per heavy atom. The molecule has 4 heterocycles. The molecule has 2 aromatic carbocycles. The Morgan fingerprint density at radius 3 is 2.57 bits per heavy atom. The minimum atomic E-state index is -1.61. The molecule has 1 fully saturated rings. The summed E-state index contributed by atoms with van der Waals surface area (Å²) in [6.07, 6.45) is -4.63. The molecule has 47 heavy (non-hydrogen) atoms. The van der Waals surface area contributed by atoms with Crippen LogP contribution >= 0.6 is 0 Å². The number of carbonyl (C=O) groups excluding carboxylic acids is 1. The van der Waals surface area contributed by atoms with Gasteiger partial charge < -0.3 is 59.1 Å². The van der Waals surface area contributed by atoms with E-state index in [4.69, 9.17) is 53.8 Å². The Labute approximate surface area is 270 Å². The first-order valence-electron chi connectivity index (χ1n) is 15.7. The number of carboxylic acids is 1. The number of benzene rings is 2. The number of aliphatic carboxylic acids is 1. The molecule has 4 aliphatic rings. The highest BCUT2D eigenvalue weighted by Crippen LogP contribution is 2.55. The first kappa shape index (κ1) is 33.1. The zero-order chi connectivity index (χ0) is 33.1. The lowest BCUT2D eigenvalue weighted by molar-refractivity contribution is -0.372. The Morgan fingerprint density at radius 2 is 1.81 bits per heavy atom. The van der Waals surface area contributed by atoms with E-state index >= 15 is 0 Å². The quantitative estimate of drug-likeness (QED) is 0.0750. The average Bonchev–Trinajstić information content (AvgIpc) is 3.66. The zero-order valence-electron chi connectivity index (χ0n) is 25.8. The Balaban J connectivity index is 1.21. The molecule has 0 saturated carbocycles. The van der Waals surface area contributed by atoms with E-state index in [2.05, 4.69) is 6.92 Å². The van der Waals surface area contributed by atoms with Crippen molar-refractivity contribution >= 4 is 11.9 Å². The van der Waals surface area contributed by atoms with Gasteiger partial charge in [-0.3, -0.25) is 9.59 Å². The molecule has 0 radical (unpaired) electrons. The maximum absolute atomic E-state index is 11.7. The Hall–Kier alpha value is -3.86. The lowest BCUT2D eigenvalue weighted by atomic mass is 9.87. The standard InChI is InChI=1S/C32H39NO14/c1-2-3-4-5-16-8-17(9-19-29(16)41-13-20-18-10-22-23(43-15-42-22)11-21(18)44-30(19)20)46-47-31-28(38)27(37)24(45-32(31)39-7-6-33)14-40-26(36)12-25(34)35/h8-11,20,24,27-28,30-32,37-38H,2-7,12-15,33H2,1H3,(H,34,35)/t20-,24-,27-,28+,30-,31-,32-/m1/s1. The summed E-state index contributed by atoms with van der Waals surface area (Å²) >= 11 is 0. The molecule has 0 spiro atoms. The first-order valence-corrected chi connectivity index (χ1v) is 15.7. The van der Waals surface area contributed by atoms with E-state index in [0.717, 1.165) is 41.7 Å². The van der Waals surface area contributed by atoms with Gasteiger partial charge in [-0.2, -0.15) is 4.89 Å². The molecule has 2 aromatic rings. The van der Waals surface area contributed by atoms with Crippen molar-refractivity contribution in [1.82, 2.24) is 0 Å². The molecule has 1 saturated heterocycles. The Bertz CT molecular complexity index is 1450. The fourth-order valence-corrected chi connectivity index (χ4v) is 6.14. The van der Waals surface area contributed by atoms with Crippen molar-refractivity contribution in [1.29, 1.82) is 0 Å². The molecule has 15 heteroatoms. The molecular formula is C32H39NO14. The number of ether oxygens (including phenoxy) is 7. The normalized spacial score (nSPS) is 26.8. The summed E-state index contributed by atoms with van der Waals surface area (Å²) < 4.78 is 40.2. The summed E-state index contributed by atoms with van der Waals surface area (Å²) in [6, 6.07) is 7.33. The summed E-state index contributed by atoms with van der Waals surface area (Å²) in [5, 5.41) is 30.6. The van der Waals surface area contributed by atoms with Gasteiger partial charge in [0.2, 0.25) is 6.79 Å². The zero-order valence-corrected chi connectivity index (χ0v) is 25.8. The van der Waals surface area contributed by atoms with Gasteiger partial charge in [0.25, 0.3) is 0 Å². The molecule has 4 aliphatic heterocycles. The number of esters is 1. The summed E-state index contributed by atoms with van der Waals surface area (Å²) in [5.74, 6) is 0.493. The van der Waals surface area contributed by atoms with Gasteiger partial charge in [0.15, 0.2) is 29.6 Å². The van der Waals surface area contributed by atoms with Crippen LogP contribution < -0.4 is 29.6 Å². The minimum absolute atomic E-state index is 0.0110. The predicted octanol–water partition coefficient (Wildman–Crippen LogP) is 1.88. The number of unbranched alkanes of at least 4 members (excludes halogenated alkanes) is 2. The van der Waals surface area contributed by atoms with Crippen molar-refractivity contribution in [2.75, 3.05) is 33.2 Å². The molecule has 7 atom stereocenters. The van der Waals surface area contributed by atoms with Crippen molar-refractivity contribution in [3.8, 4) is 28.7 Å². The van der Waals surface area contributed by atoms with E-state index in [1.807, 2.05) is 12.1 Å². The van der Waals surface area contributed by atoms with E-state index in [0.29, 0.717) is 36.0 Å². The van der Waals surface area contributed by atoms with Crippen LogP contribution in [0, 0.1) is 0 Å². The van der Waals surface area contributed by atoms with E-state index in [-0.39, 0.29) is 32.0 Å². The van der Waals surface area contributed by atoms with Gasteiger partial charge in [0.1, 0.15) is 48.9 Å². The third-order valence-corrected chi connectivity index (χ3v) is 8.46. The maximum Gasteiger partial charge on any atom is 0.317 e. The third kappa shape index (κ3) is 7.05. The van der Waals surface area contributed by atoms with Crippen LogP contribution in [-0.2, 0) is 35.1 Å².